The summed E-state index contributed by atoms with van der Waals surface area (Å²) in [5.74, 6) is 0.0248. The highest BCUT2D eigenvalue weighted by molar-refractivity contribution is 8.25. The second-order valence-electron chi connectivity index (χ2n) is 9.69. The number of aliphatic hydroxyl groups is 1. The number of hydrogen-bond acceptors (Lipinski definition) is 7. The molecule has 3 rings (SSSR count). The SMILES string of the molecule is CCCCCNC[C@H](O)[C@H](Cc1ccccc1)NC(=O)c1cc(NCC)cc(N2CCCCS2(O)O)c1.Cl. The van der Waals surface area contributed by atoms with Crippen LogP contribution in [0.3, 0.4) is 0 Å². The molecule has 2 aromatic carbocycles. The number of halogens is 1. The number of nitrogens with zero attached hydrogens (tertiary/aromatic N) is 1. The van der Waals surface area contributed by atoms with Crippen molar-refractivity contribution in [2.24, 2.45) is 0 Å². The summed E-state index contributed by atoms with van der Waals surface area (Å²) >= 11 is 0. The van der Waals surface area contributed by atoms with Crippen molar-refractivity contribution in [3.8, 4) is 0 Å². The lowest BCUT2D eigenvalue weighted by Crippen LogP contribution is -2.49. The molecule has 8 nitrogen and oxygen atoms in total. The molecule has 1 saturated heterocycles. The summed E-state index contributed by atoms with van der Waals surface area (Å²) in [6, 6.07) is 14.7. The molecular formula is C28H45ClN4O4S. The molecule has 214 valence electrons. The maximum atomic E-state index is 13.5. The molecule has 0 unspecified atom stereocenters. The third kappa shape index (κ3) is 9.63. The van der Waals surface area contributed by atoms with Crippen LogP contribution in [-0.2, 0) is 6.42 Å². The van der Waals surface area contributed by atoms with Crippen LogP contribution in [0.4, 0.5) is 11.4 Å². The molecule has 0 aliphatic carbocycles. The minimum absolute atomic E-state index is 0. The van der Waals surface area contributed by atoms with Gasteiger partial charge in [0.25, 0.3) is 5.91 Å². The number of hydrogen-bond donors (Lipinski definition) is 6. The van der Waals surface area contributed by atoms with Crippen LogP contribution in [0.2, 0.25) is 0 Å². The van der Waals surface area contributed by atoms with Crippen LogP contribution in [0.1, 0.15) is 61.9 Å². The van der Waals surface area contributed by atoms with E-state index in [-0.39, 0.29) is 18.3 Å². The molecule has 6 N–H and O–H groups in total. The lowest BCUT2D eigenvalue weighted by molar-refractivity contribution is 0.0830. The van der Waals surface area contributed by atoms with Gasteiger partial charge in [-0.15, -0.1) is 23.2 Å². The lowest BCUT2D eigenvalue weighted by Gasteiger charge is -2.47. The van der Waals surface area contributed by atoms with Crippen LogP contribution in [0.25, 0.3) is 0 Å². The maximum absolute atomic E-state index is 13.5. The van der Waals surface area contributed by atoms with Crippen molar-refractivity contribution in [1.82, 2.24) is 10.6 Å². The van der Waals surface area contributed by atoms with Crippen molar-refractivity contribution in [3.63, 3.8) is 0 Å². The fourth-order valence-corrected chi connectivity index (χ4v) is 6.27. The van der Waals surface area contributed by atoms with Crippen molar-refractivity contribution in [1.29, 1.82) is 0 Å². The van der Waals surface area contributed by atoms with E-state index in [1.165, 1.54) is 0 Å². The van der Waals surface area contributed by atoms with E-state index in [0.717, 1.165) is 49.9 Å². The molecule has 1 amide bonds. The van der Waals surface area contributed by atoms with Crippen molar-refractivity contribution in [2.75, 3.05) is 41.6 Å². The summed E-state index contributed by atoms with van der Waals surface area (Å²) in [5, 5.41) is 20.7. The molecule has 0 saturated carbocycles. The first-order valence-electron chi connectivity index (χ1n) is 13.5. The normalized spacial score (nSPS) is 17.1. The van der Waals surface area contributed by atoms with Gasteiger partial charge in [0.2, 0.25) is 0 Å². The molecule has 1 fully saturated rings. The maximum Gasteiger partial charge on any atom is 0.251 e. The van der Waals surface area contributed by atoms with Gasteiger partial charge in [-0.05, 0) is 62.9 Å². The smallest absolute Gasteiger partial charge is 0.251 e. The Labute approximate surface area is 235 Å². The van der Waals surface area contributed by atoms with E-state index >= 15 is 0 Å². The Morgan fingerprint density at radius 2 is 1.84 bits per heavy atom. The highest BCUT2D eigenvalue weighted by Gasteiger charge is 2.28. The minimum Gasteiger partial charge on any atom is -0.390 e. The summed E-state index contributed by atoms with van der Waals surface area (Å²) in [4.78, 5) is 13.5. The van der Waals surface area contributed by atoms with E-state index < -0.39 is 22.9 Å². The number of carbonyl (C=O) groups is 1. The number of carbonyl (C=O) groups excluding carboxylic acids is 1. The molecule has 0 bridgehead atoms. The van der Waals surface area contributed by atoms with E-state index in [9.17, 15) is 19.0 Å². The fraction of sp³-hybridized carbons (Fsp3) is 0.536. The second kappa shape index (κ2) is 16.2. The van der Waals surface area contributed by atoms with Crippen LogP contribution in [0.5, 0.6) is 0 Å². The second-order valence-corrected chi connectivity index (χ2v) is 11.8. The molecule has 1 aliphatic rings. The van der Waals surface area contributed by atoms with E-state index in [1.54, 1.807) is 16.4 Å². The van der Waals surface area contributed by atoms with E-state index in [0.29, 0.717) is 43.1 Å². The highest BCUT2D eigenvalue weighted by atomic mass is 35.5. The van der Waals surface area contributed by atoms with Gasteiger partial charge >= 0.3 is 0 Å². The van der Waals surface area contributed by atoms with Crippen LogP contribution in [0, 0.1) is 0 Å². The van der Waals surface area contributed by atoms with Gasteiger partial charge in [-0.25, -0.2) is 0 Å². The van der Waals surface area contributed by atoms with Gasteiger partial charge in [-0.3, -0.25) is 18.2 Å². The Kier molecular flexibility index (Phi) is 13.7. The van der Waals surface area contributed by atoms with Crippen molar-refractivity contribution in [3.05, 3.63) is 59.7 Å². The van der Waals surface area contributed by atoms with E-state index in [4.69, 9.17) is 0 Å². The molecule has 1 aliphatic heterocycles. The lowest BCUT2D eigenvalue weighted by atomic mass is 10.00. The standard InChI is InChI=1S/C28H44N4O4S.ClH/c1-3-5-9-14-29-21-27(33)26(17-22-12-7-6-8-13-22)31-28(34)23-18-24(30-4-2)20-25(19-23)32-15-10-11-16-37(32,35)36;/h6-8,12-13,18-20,26-27,29-30,33,35-36H,3-5,9-11,14-17,21H2,1-2H3,(H,31,34);1H/t26-,27-;/m0./s1. The van der Waals surface area contributed by atoms with Gasteiger partial charge < -0.3 is 21.1 Å². The Morgan fingerprint density at radius 1 is 1.08 bits per heavy atom. The molecule has 2 aromatic rings. The van der Waals surface area contributed by atoms with Crippen LogP contribution < -0.4 is 20.3 Å². The number of rotatable bonds is 14. The quantitative estimate of drug-likeness (QED) is 0.171. The fourth-order valence-electron chi connectivity index (χ4n) is 4.59. The average molecular weight is 569 g/mol. The first kappa shape index (κ1) is 32.2. The predicted molar refractivity (Wildman–Crippen MR) is 162 cm³/mol. The number of benzene rings is 2. The largest absolute Gasteiger partial charge is 0.390 e. The molecule has 2 atom stereocenters. The number of aliphatic hydroxyl groups excluding tert-OH is 1. The van der Waals surface area contributed by atoms with Crippen molar-refractivity contribution >= 4 is 40.5 Å². The van der Waals surface area contributed by atoms with Crippen LogP contribution >= 0.6 is 23.2 Å². The monoisotopic (exact) mass is 568 g/mol. The summed E-state index contributed by atoms with van der Waals surface area (Å²) in [7, 11) is -2.92. The third-order valence-corrected chi connectivity index (χ3v) is 8.56. The van der Waals surface area contributed by atoms with Crippen molar-refractivity contribution in [2.45, 2.75) is 64.5 Å². The zero-order valence-electron chi connectivity index (χ0n) is 22.6. The average Bonchev–Trinajstić information content (AvgIpc) is 2.88. The summed E-state index contributed by atoms with van der Waals surface area (Å²) in [6.45, 7) is 6.54. The van der Waals surface area contributed by atoms with Gasteiger partial charge in [-0.1, -0.05) is 50.1 Å². The Balaban J connectivity index is 0.00000507. The number of amides is 1. The zero-order chi connectivity index (χ0) is 26.7. The molecule has 38 heavy (non-hydrogen) atoms. The number of anilines is 2. The Morgan fingerprint density at radius 3 is 2.53 bits per heavy atom. The minimum atomic E-state index is -2.92. The predicted octanol–water partition coefficient (Wildman–Crippen LogP) is 5.29. The Bertz CT molecular complexity index is 983. The molecular weight excluding hydrogens is 524 g/mol. The number of nitrogens with one attached hydrogen (secondary N) is 3. The molecule has 0 spiro atoms. The summed E-state index contributed by atoms with van der Waals surface area (Å²) < 4.78 is 23.0. The third-order valence-electron chi connectivity index (χ3n) is 6.62. The Hall–Kier alpha value is -2.01. The number of unbranched alkanes of at least 4 members (excludes halogenated alkanes) is 2. The van der Waals surface area contributed by atoms with E-state index in [2.05, 4.69) is 22.9 Å². The van der Waals surface area contributed by atoms with Crippen LogP contribution in [-0.4, -0.2) is 64.2 Å². The molecule has 0 aromatic heterocycles. The van der Waals surface area contributed by atoms with E-state index in [1.807, 2.05) is 43.3 Å². The molecule has 1 heterocycles. The van der Waals surface area contributed by atoms with Crippen LogP contribution in [0.15, 0.2) is 48.5 Å². The summed E-state index contributed by atoms with van der Waals surface area (Å²) in [5.41, 5.74) is 2.79. The molecule has 0 radical (unpaired) electrons. The first-order chi connectivity index (χ1) is 17.8. The van der Waals surface area contributed by atoms with Crippen molar-refractivity contribution < 1.29 is 19.0 Å². The van der Waals surface area contributed by atoms with Gasteiger partial charge in [0.1, 0.15) is 0 Å². The summed E-state index contributed by atoms with van der Waals surface area (Å²) in [6.07, 6.45) is 4.68. The van der Waals surface area contributed by atoms with Gasteiger partial charge in [0.05, 0.1) is 23.6 Å². The molecule has 10 heteroatoms. The van der Waals surface area contributed by atoms with Gasteiger partial charge in [0, 0.05) is 30.9 Å². The topological polar surface area (TPSA) is 117 Å². The van der Waals surface area contributed by atoms with Gasteiger partial charge in [0.15, 0.2) is 0 Å². The first-order valence-corrected chi connectivity index (χ1v) is 15.2. The zero-order valence-corrected chi connectivity index (χ0v) is 24.2. The highest BCUT2D eigenvalue weighted by Crippen LogP contribution is 2.50. The van der Waals surface area contributed by atoms with Gasteiger partial charge in [-0.2, -0.15) is 0 Å².